The zero-order valence-electron chi connectivity index (χ0n) is 11.3. The fourth-order valence-corrected chi connectivity index (χ4v) is 2.49. The first-order chi connectivity index (χ1) is 8.74. The molecule has 3 nitrogen and oxygen atoms in total. The van der Waals surface area contributed by atoms with E-state index in [0.717, 1.165) is 29.9 Å². The second-order valence-electron chi connectivity index (χ2n) is 4.98. The number of hydrogen-bond donors (Lipinski definition) is 1. The molecule has 1 unspecified atom stereocenters. The molecular formula is C15H23NO2. The molecule has 1 aromatic carbocycles. The van der Waals surface area contributed by atoms with Gasteiger partial charge in [0.1, 0.15) is 17.6 Å². The fourth-order valence-electron chi connectivity index (χ4n) is 2.49. The Morgan fingerprint density at radius 3 is 2.94 bits per heavy atom. The Balaban J connectivity index is 2.04. The number of fused-ring (bicyclic) bond motifs is 1. The van der Waals surface area contributed by atoms with E-state index in [1.807, 2.05) is 18.2 Å². The van der Waals surface area contributed by atoms with Gasteiger partial charge >= 0.3 is 0 Å². The predicted molar refractivity (Wildman–Crippen MR) is 73.1 cm³/mol. The summed E-state index contributed by atoms with van der Waals surface area (Å²) in [5, 5.41) is 0. The van der Waals surface area contributed by atoms with Crippen LogP contribution in [0.15, 0.2) is 18.2 Å². The molecule has 0 fully saturated rings. The molecule has 1 heterocycles. The summed E-state index contributed by atoms with van der Waals surface area (Å²) in [5.74, 6) is 1.77. The van der Waals surface area contributed by atoms with Crippen LogP contribution in [0.4, 0.5) is 0 Å². The van der Waals surface area contributed by atoms with Crippen molar-refractivity contribution in [2.45, 2.75) is 51.2 Å². The van der Waals surface area contributed by atoms with Crippen LogP contribution in [-0.2, 0) is 0 Å². The molecular weight excluding hydrogens is 226 g/mol. The van der Waals surface area contributed by atoms with Gasteiger partial charge in [-0.05, 0) is 31.0 Å². The molecule has 0 spiro atoms. The maximum atomic E-state index is 6.23. The standard InChI is InChI=1S/C15H23NO2/c1-3-4-5-6-12-10-14(16)13-9-11(17-2)7-8-15(13)18-12/h7-9,12,14H,3-6,10,16H2,1-2H3/t12?,14-/m0/s1. The molecule has 0 amide bonds. The Morgan fingerprint density at radius 1 is 1.39 bits per heavy atom. The Morgan fingerprint density at radius 2 is 2.22 bits per heavy atom. The van der Waals surface area contributed by atoms with Crippen LogP contribution in [0.1, 0.15) is 50.6 Å². The third kappa shape index (κ3) is 2.96. The molecule has 0 aliphatic carbocycles. The monoisotopic (exact) mass is 249 g/mol. The SMILES string of the molecule is CCCCCC1C[C@H](N)c2cc(OC)ccc2O1. The average Bonchev–Trinajstić information content (AvgIpc) is 2.39. The molecule has 0 bridgehead atoms. The van der Waals surface area contributed by atoms with Crippen LogP contribution in [0.5, 0.6) is 11.5 Å². The van der Waals surface area contributed by atoms with Crippen molar-refractivity contribution in [2.75, 3.05) is 7.11 Å². The largest absolute Gasteiger partial charge is 0.497 e. The minimum atomic E-state index is 0.0653. The summed E-state index contributed by atoms with van der Waals surface area (Å²) in [5.41, 5.74) is 7.30. The van der Waals surface area contributed by atoms with E-state index in [4.69, 9.17) is 15.2 Å². The third-order valence-corrected chi connectivity index (χ3v) is 3.56. The molecule has 2 rings (SSSR count). The number of ether oxygens (including phenoxy) is 2. The summed E-state index contributed by atoms with van der Waals surface area (Å²) >= 11 is 0. The van der Waals surface area contributed by atoms with Gasteiger partial charge in [-0.2, -0.15) is 0 Å². The molecule has 100 valence electrons. The van der Waals surface area contributed by atoms with Gasteiger partial charge in [0.2, 0.25) is 0 Å². The predicted octanol–water partition coefficient (Wildman–Crippen LogP) is 3.43. The van der Waals surface area contributed by atoms with Crippen molar-refractivity contribution >= 4 is 0 Å². The van der Waals surface area contributed by atoms with Gasteiger partial charge < -0.3 is 15.2 Å². The van der Waals surface area contributed by atoms with E-state index in [0.29, 0.717) is 0 Å². The molecule has 3 heteroatoms. The van der Waals surface area contributed by atoms with E-state index >= 15 is 0 Å². The molecule has 0 aromatic heterocycles. The second kappa shape index (κ2) is 6.10. The first kappa shape index (κ1) is 13.2. The Kier molecular flexibility index (Phi) is 4.48. The Hall–Kier alpha value is -1.22. The molecule has 0 saturated carbocycles. The van der Waals surface area contributed by atoms with Crippen molar-refractivity contribution < 1.29 is 9.47 Å². The van der Waals surface area contributed by atoms with Crippen LogP contribution in [-0.4, -0.2) is 13.2 Å². The van der Waals surface area contributed by atoms with Crippen LogP contribution in [0.2, 0.25) is 0 Å². The Bertz CT molecular complexity index is 392. The van der Waals surface area contributed by atoms with E-state index in [2.05, 4.69) is 6.92 Å². The summed E-state index contributed by atoms with van der Waals surface area (Å²) in [6.07, 6.45) is 6.01. The fraction of sp³-hybridized carbons (Fsp3) is 0.600. The van der Waals surface area contributed by atoms with Gasteiger partial charge in [0.05, 0.1) is 7.11 Å². The zero-order chi connectivity index (χ0) is 13.0. The summed E-state index contributed by atoms with van der Waals surface area (Å²) < 4.78 is 11.2. The lowest BCUT2D eigenvalue weighted by molar-refractivity contribution is 0.146. The van der Waals surface area contributed by atoms with Crippen molar-refractivity contribution in [3.05, 3.63) is 23.8 Å². The van der Waals surface area contributed by atoms with Gasteiger partial charge in [-0.25, -0.2) is 0 Å². The minimum Gasteiger partial charge on any atom is -0.497 e. The number of nitrogens with two attached hydrogens (primary N) is 1. The highest BCUT2D eigenvalue weighted by atomic mass is 16.5. The quantitative estimate of drug-likeness (QED) is 0.813. The third-order valence-electron chi connectivity index (χ3n) is 3.56. The topological polar surface area (TPSA) is 44.5 Å². The van der Waals surface area contributed by atoms with Crippen molar-refractivity contribution in [1.82, 2.24) is 0 Å². The Labute approximate surface area is 109 Å². The highest BCUT2D eigenvalue weighted by molar-refractivity contribution is 5.43. The van der Waals surface area contributed by atoms with Crippen LogP contribution < -0.4 is 15.2 Å². The molecule has 1 aromatic rings. The van der Waals surface area contributed by atoms with Crippen molar-refractivity contribution in [2.24, 2.45) is 5.73 Å². The molecule has 1 aliphatic rings. The lowest BCUT2D eigenvalue weighted by Gasteiger charge is -2.30. The number of hydrogen-bond acceptors (Lipinski definition) is 3. The van der Waals surface area contributed by atoms with Gasteiger partial charge in [-0.15, -0.1) is 0 Å². The van der Waals surface area contributed by atoms with Crippen molar-refractivity contribution in [3.8, 4) is 11.5 Å². The molecule has 18 heavy (non-hydrogen) atoms. The summed E-state index contributed by atoms with van der Waals surface area (Å²) in [4.78, 5) is 0. The summed E-state index contributed by atoms with van der Waals surface area (Å²) in [6.45, 7) is 2.22. The van der Waals surface area contributed by atoms with E-state index < -0.39 is 0 Å². The molecule has 0 radical (unpaired) electrons. The average molecular weight is 249 g/mol. The van der Waals surface area contributed by atoms with E-state index in [1.54, 1.807) is 7.11 Å². The van der Waals surface area contributed by atoms with Crippen molar-refractivity contribution in [1.29, 1.82) is 0 Å². The minimum absolute atomic E-state index is 0.0653. The highest BCUT2D eigenvalue weighted by Gasteiger charge is 2.25. The van der Waals surface area contributed by atoms with Gasteiger partial charge in [-0.1, -0.05) is 19.8 Å². The summed E-state index contributed by atoms with van der Waals surface area (Å²) in [6, 6.07) is 5.96. The number of methoxy groups -OCH3 is 1. The van der Waals surface area contributed by atoms with Crippen LogP contribution in [0, 0.1) is 0 Å². The number of benzene rings is 1. The van der Waals surface area contributed by atoms with Gasteiger partial charge in [0, 0.05) is 18.0 Å². The highest BCUT2D eigenvalue weighted by Crippen LogP contribution is 2.36. The number of unbranched alkanes of at least 4 members (excludes halogenated alkanes) is 2. The first-order valence-electron chi connectivity index (χ1n) is 6.84. The van der Waals surface area contributed by atoms with Crippen LogP contribution in [0.3, 0.4) is 0 Å². The molecule has 2 atom stereocenters. The van der Waals surface area contributed by atoms with Gasteiger partial charge in [0.25, 0.3) is 0 Å². The maximum absolute atomic E-state index is 6.23. The van der Waals surface area contributed by atoms with Crippen molar-refractivity contribution in [3.63, 3.8) is 0 Å². The number of rotatable bonds is 5. The maximum Gasteiger partial charge on any atom is 0.124 e. The summed E-state index contributed by atoms with van der Waals surface area (Å²) in [7, 11) is 1.67. The second-order valence-corrected chi connectivity index (χ2v) is 4.98. The van der Waals surface area contributed by atoms with E-state index in [9.17, 15) is 0 Å². The lowest BCUT2D eigenvalue weighted by Crippen LogP contribution is -2.29. The zero-order valence-corrected chi connectivity index (χ0v) is 11.3. The lowest BCUT2D eigenvalue weighted by atomic mass is 9.94. The molecule has 0 saturated heterocycles. The smallest absolute Gasteiger partial charge is 0.124 e. The van der Waals surface area contributed by atoms with E-state index in [-0.39, 0.29) is 12.1 Å². The first-order valence-corrected chi connectivity index (χ1v) is 6.84. The molecule has 2 N–H and O–H groups in total. The normalized spacial score (nSPS) is 22.2. The van der Waals surface area contributed by atoms with Gasteiger partial charge in [-0.3, -0.25) is 0 Å². The van der Waals surface area contributed by atoms with Crippen LogP contribution in [0.25, 0.3) is 0 Å². The van der Waals surface area contributed by atoms with Gasteiger partial charge in [0.15, 0.2) is 0 Å². The molecule has 1 aliphatic heterocycles. The van der Waals surface area contributed by atoms with Crippen LogP contribution >= 0.6 is 0 Å². The van der Waals surface area contributed by atoms with E-state index in [1.165, 1.54) is 19.3 Å².